The van der Waals surface area contributed by atoms with E-state index in [9.17, 15) is 21.6 Å². The third-order valence-electron chi connectivity index (χ3n) is 2.93. The highest BCUT2D eigenvalue weighted by atomic mass is 32.2. The van der Waals surface area contributed by atoms with E-state index < -0.39 is 22.7 Å². The standard InChI is InChI=1S/C13H19F3N2O2S/c1-17-9-3-4-11-5-7-12(8-6-11)21(19,20)18(2)10-13(14,15)16/h5-8,17H,3-4,9-10H2,1-2H3. The summed E-state index contributed by atoms with van der Waals surface area (Å²) in [7, 11) is -1.35. The van der Waals surface area contributed by atoms with Crippen molar-refractivity contribution in [3.8, 4) is 0 Å². The number of sulfonamides is 1. The van der Waals surface area contributed by atoms with Crippen molar-refractivity contribution >= 4 is 10.0 Å². The van der Waals surface area contributed by atoms with Crippen molar-refractivity contribution in [3.63, 3.8) is 0 Å². The van der Waals surface area contributed by atoms with Crippen molar-refractivity contribution in [2.24, 2.45) is 0 Å². The molecule has 0 saturated carbocycles. The van der Waals surface area contributed by atoms with Gasteiger partial charge in [0, 0.05) is 7.05 Å². The highest BCUT2D eigenvalue weighted by Gasteiger charge is 2.34. The van der Waals surface area contributed by atoms with Crippen molar-refractivity contribution in [2.75, 3.05) is 27.2 Å². The SMILES string of the molecule is CNCCCc1ccc(S(=O)(=O)N(C)CC(F)(F)F)cc1. The van der Waals surface area contributed by atoms with Crippen LogP contribution >= 0.6 is 0 Å². The maximum Gasteiger partial charge on any atom is 0.402 e. The summed E-state index contributed by atoms with van der Waals surface area (Å²) in [4.78, 5) is -0.133. The van der Waals surface area contributed by atoms with E-state index in [1.807, 2.05) is 7.05 Å². The van der Waals surface area contributed by atoms with Gasteiger partial charge < -0.3 is 5.32 Å². The number of halogens is 3. The molecule has 1 aromatic rings. The fraction of sp³-hybridized carbons (Fsp3) is 0.538. The number of benzene rings is 1. The predicted octanol–water partition coefficient (Wildman–Crippen LogP) is 2.02. The number of hydrogen-bond donors (Lipinski definition) is 1. The molecule has 0 saturated heterocycles. The number of nitrogens with zero attached hydrogens (tertiary/aromatic N) is 1. The molecule has 0 amide bonds. The van der Waals surface area contributed by atoms with Gasteiger partial charge in [-0.1, -0.05) is 12.1 Å². The Balaban J connectivity index is 2.80. The molecule has 0 aliphatic rings. The lowest BCUT2D eigenvalue weighted by Crippen LogP contribution is -2.35. The summed E-state index contributed by atoms with van der Waals surface area (Å²) in [5, 5.41) is 3.00. The van der Waals surface area contributed by atoms with E-state index in [0.29, 0.717) is 4.31 Å². The van der Waals surface area contributed by atoms with Gasteiger partial charge in [-0.3, -0.25) is 0 Å². The van der Waals surface area contributed by atoms with Gasteiger partial charge in [-0.2, -0.15) is 17.5 Å². The summed E-state index contributed by atoms with van der Waals surface area (Å²) in [5.74, 6) is 0. The van der Waals surface area contributed by atoms with E-state index in [2.05, 4.69) is 5.32 Å². The molecule has 0 unspecified atom stereocenters. The lowest BCUT2D eigenvalue weighted by molar-refractivity contribution is -0.134. The molecule has 21 heavy (non-hydrogen) atoms. The first kappa shape index (κ1) is 17.9. The van der Waals surface area contributed by atoms with E-state index in [0.717, 1.165) is 32.0 Å². The van der Waals surface area contributed by atoms with Crippen molar-refractivity contribution in [1.82, 2.24) is 9.62 Å². The fourth-order valence-corrected chi connectivity index (χ4v) is 2.97. The Morgan fingerprint density at radius 1 is 1.19 bits per heavy atom. The molecule has 1 rings (SSSR count). The quantitative estimate of drug-likeness (QED) is 0.781. The van der Waals surface area contributed by atoms with Crippen LogP contribution in [0, 0.1) is 0 Å². The number of nitrogens with one attached hydrogen (secondary N) is 1. The fourth-order valence-electron chi connectivity index (χ4n) is 1.81. The Labute approximate surface area is 123 Å². The van der Waals surface area contributed by atoms with Crippen LogP contribution < -0.4 is 5.32 Å². The Bertz CT molecular complexity index is 542. The summed E-state index contributed by atoms with van der Waals surface area (Å²) >= 11 is 0. The van der Waals surface area contributed by atoms with Crippen molar-refractivity contribution in [3.05, 3.63) is 29.8 Å². The minimum Gasteiger partial charge on any atom is -0.320 e. The van der Waals surface area contributed by atoms with Crippen molar-refractivity contribution in [2.45, 2.75) is 23.9 Å². The summed E-state index contributed by atoms with van der Waals surface area (Å²) < 4.78 is 61.1. The molecular formula is C13H19F3N2O2S. The second-order valence-electron chi connectivity index (χ2n) is 4.73. The summed E-state index contributed by atoms with van der Waals surface area (Å²) in [6, 6.07) is 5.95. The van der Waals surface area contributed by atoms with Gasteiger partial charge >= 0.3 is 6.18 Å². The largest absolute Gasteiger partial charge is 0.402 e. The van der Waals surface area contributed by atoms with Crippen LogP contribution in [0.4, 0.5) is 13.2 Å². The Hall–Kier alpha value is -1.12. The van der Waals surface area contributed by atoms with Crippen LogP contribution in [0.1, 0.15) is 12.0 Å². The first-order valence-corrected chi connectivity index (χ1v) is 7.87. The third kappa shape index (κ3) is 5.64. The van der Waals surface area contributed by atoms with E-state index in [-0.39, 0.29) is 4.90 Å². The van der Waals surface area contributed by atoms with Crippen molar-refractivity contribution < 1.29 is 21.6 Å². The maximum absolute atomic E-state index is 12.3. The van der Waals surface area contributed by atoms with Crippen LogP contribution in [0.3, 0.4) is 0 Å². The van der Waals surface area contributed by atoms with Gasteiger partial charge in [0.2, 0.25) is 10.0 Å². The average molecular weight is 324 g/mol. The molecule has 4 nitrogen and oxygen atoms in total. The second-order valence-corrected chi connectivity index (χ2v) is 6.77. The van der Waals surface area contributed by atoms with Gasteiger partial charge in [-0.15, -0.1) is 0 Å². The molecular weight excluding hydrogens is 305 g/mol. The van der Waals surface area contributed by atoms with E-state index >= 15 is 0 Å². The molecule has 0 spiro atoms. The molecule has 8 heteroatoms. The van der Waals surface area contributed by atoms with Crippen LogP contribution in [0.25, 0.3) is 0 Å². The smallest absolute Gasteiger partial charge is 0.320 e. The molecule has 0 atom stereocenters. The Morgan fingerprint density at radius 2 is 1.76 bits per heavy atom. The van der Waals surface area contributed by atoms with E-state index in [1.165, 1.54) is 12.1 Å². The molecule has 0 bridgehead atoms. The normalized spacial score (nSPS) is 12.9. The highest BCUT2D eigenvalue weighted by molar-refractivity contribution is 7.89. The molecule has 0 heterocycles. The summed E-state index contributed by atoms with van der Waals surface area (Å²) in [6.07, 6.45) is -2.88. The number of rotatable bonds is 7. The Kier molecular flexibility index (Phi) is 6.18. The summed E-state index contributed by atoms with van der Waals surface area (Å²) in [5.41, 5.74) is 0.947. The van der Waals surface area contributed by atoms with Crippen LogP contribution in [0.2, 0.25) is 0 Å². The van der Waals surface area contributed by atoms with E-state index in [1.54, 1.807) is 12.1 Å². The second kappa shape index (κ2) is 7.24. The minimum absolute atomic E-state index is 0.133. The average Bonchev–Trinajstić information content (AvgIpc) is 2.37. The van der Waals surface area contributed by atoms with Crippen LogP contribution in [-0.2, 0) is 16.4 Å². The first-order valence-electron chi connectivity index (χ1n) is 6.43. The van der Waals surface area contributed by atoms with Crippen LogP contribution in [-0.4, -0.2) is 46.1 Å². The van der Waals surface area contributed by atoms with Gasteiger partial charge in [-0.05, 0) is 44.1 Å². The zero-order valence-corrected chi connectivity index (χ0v) is 12.8. The van der Waals surface area contributed by atoms with Gasteiger partial charge in [0.15, 0.2) is 0 Å². The molecule has 1 N–H and O–H groups in total. The molecule has 1 aromatic carbocycles. The van der Waals surface area contributed by atoms with E-state index in [4.69, 9.17) is 0 Å². The Morgan fingerprint density at radius 3 is 2.24 bits per heavy atom. The molecule has 120 valence electrons. The van der Waals surface area contributed by atoms with Gasteiger partial charge in [0.25, 0.3) is 0 Å². The number of hydrogen-bond acceptors (Lipinski definition) is 3. The predicted molar refractivity (Wildman–Crippen MR) is 74.6 cm³/mol. The lowest BCUT2D eigenvalue weighted by Gasteiger charge is -2.18. The minimum atomic E-state index is -4.56. The van der Waals surface area contributed by atoms with Gasteiger partial charge in [-0.25, -0.2) is 8.42 Å². The first-order chi connectivity index (χ1) is 9.66. The molecule has 0 radical (unpaired) electrons. The molecule has 0 aliphatic heterocycles. The van der Waals surface area contributed by atoms with Gasteiger partial charge in [0.05, 0.1) is 4.90 Å². The van der Waals surface area contributed by atoms with Gasteiger partial charge in [0.1, 0.15) is 6.54 Å². The number of alkyl halides is 3. The molecule has 0 aromatic heterocycles. The summed E-state index contributed by atoms with van der Waals surface area (Å²) in [6.45, 7) is -0.659. The zero-order chi connectivity index (χ0) is 16.1. The number of aryl methyl sites for hydroxylation is 1. The van der Waals surface area contributed by atoms with Crippen LogP contribution in [0.15, 0.2) is 29.2 Å². The monoisotopic (exact) mass is 324 g/mol. The topological polar surface area (TPSA) is 49.4 Å². The highest BCUT2D eigenvalue weighted by Crippen LogP contribution is 2.21. The van der Waals surface area contributed by atoms with Crippen LogP contribution in [0.5, 0.6) is 0 Å². The van der Waals surface area contributed by atoms with Crippen molar-refractivity contribution in [1.29, 1.82) is 0 Å². The zero-order valence-electron chi connectivity index (χ0n) is 11.9. The molecule has 0 fully saturated rings. The third-order valence-corrected chi connectivity index (χ3v) is 4.74. The lowest BCUT2D eigenvalue weighted by atomic mass is 10.1. The molecule has 0 aliphatic carbocycles. The maximum atomic E-state index is 12.3.